The highest BCUT2D eigenvalue weighted by Crippen LogP contribution is 2.47. The number of unbranched alkanes of at least 4 members (excludes halogenated alkanes) is 20. The lowest BCUT2D eigenvalue weighted by Gasteiger charge is -2.41. The van der Waals surface area contributed by atoms with Crippen LogP contribution < -0.4 is 5.32 Å². The van der Waals surface area contributed by atoms with Crippen LogP contribution in [-0.2, 0) is 18.4 Å². The molecular weight excluding hydrogens is 777 g/mol. The minimum Gasteiger partial charge on any atom is -0.393 e. The topological polar surface area (TPSA) is 226 Å². The first-order valence-electron chi connectivity index (χ1n) is 23.0. The number of aliphatic hydroxyl groups excluding tert-OH is 7. The van der Waals surface area contributed by atoms with Gasteiger partial charge in [0.15, 0.2) is 0 Å². The zero-order valence-electron chi connectivity index (χ0n) is 36.4. The number of amides is 1. The highest BCUT2D eigenvalue weighted by atomic mass is 31.2. The second-order valence-electron chi connectivity index (χ2n) is 16.4. The highest BCUT2D eigenvalue weighted by Gasteiger charge is 2.51. The molecule has 9 N–H and O–H groups in total. The Morgan fingerprint density at radius 1 is 0.593 bits per heavy atom. The van der Waals surface area contributed by atoms with E-state index in [1.54, 1.807) is 6.08 Å². The molecule has 13 nitrogen and oxygen atoms in total. The molecule has 0 aromatic carbocycles. The van der Waals surface area contributed by atoms with Gasteiger partial charge in [0, 0.05) is 0 Å². The van der Waals surface area contributed by atoms with Crippen molar-refractivity contribution in [3.63, 3.8) is 0 Å². The summed E-state index contributed by atoms with van der Waals surface area (Å²) in [5.41, 5.74) is 0. The van der Waals surface area contributed by atoms with Crippen molar-refractivity contribution < 1.29 is 59.0 Å². The number of carbonyl (C=O) groups is 1. The van der Waals surface area contributed by atoms with Crippen molar-refractivity contribution in [2.24, 2.45) is 0 Å². The normalized spacial score (nSPS) is 23.9. The lowest BCUT2D eigenvalue weighted by molar-refractivity contribution is -0.220. The lowest BCUT2D eigenvalue weighted by Crippen LogP contribution is -2.64. The average molecular weight is 862 g/mol. The number of rotatable bonds is 37. The van der Waals surface area contributed by atoms with Crippen molar-refractivity contribution in [3.8, 4) is 0 Å². The van der Waals surface area contributed by atoms with Crippen LogP contribution in [0.2, 0.25) is 0 Å². The van der Waals surface area contributed by atoms with Gasteiger partial charge in [-0.15, -0.1) is 0 Å². The SMILES string of the molecule is CCCCCCCC/C=C\CCCC(O)CC(=O)NC(COP(=O)(O)OC1C(O)C(O)C(O)C(O)C1O)C(O)/C=C/CC/C=C/CCCCCCCCCCCCCC. The Balaban J connectivity index is 2.60. The summed E-state index contributed by atoms with van der Waals surface area (Å²) in [7, 11) is -5.15. The van der Waals surface area contributed by atoms with E-state index in [0.29, 0.717) is 19.3 Å². The van der Waals surface area contributed by atoms with E-state index in [4.69, 9.17) is 9.05 Å². The number of carbonyl (C=O) groups excluding carboxylic acids is 1. The molecule has 0 bridgehead atoms. The third-order valence-corrected chi connectivity index (χ3v) is 11.9. The molecule has 0 radical (unpaired) electrons. The van der Waals surface area contributed by atoms with E-state index in [1.165, 1.54) is 109 Å². The van der Waals surface area contributed by atoms with E-state index in [9.17, 15) is 50.0 Å². The van der Waals surface area contributed by atoms with Crippen molar-refractivity contribution in [3.05, 3.63) is 36.5 Å². The molecule has 59 heavy (non-hydrogen) atoms. The van der Waals surface area contributed by atoms with Crippen LogP contribution in [0.15, 0.2) is 36.5 Å². The second kappa shape index (κ2) is 35.0. The van der Waals surface area contributed by atoms with Gasteiger partial charge in [-0.25, -0.2) is 4.57 Å². The Labute approximate surface area is 356 Å². The zero-order valence-corrected chi connectivity index (χ0v) is 37.3. The van der Waals surface area contributed by atoms with E-state index in [2.05, 4.69) is 43.5 Å². The van der Waals surface area contributed by atoms with Gasteiger partial charge in [0.05, 0.1) is 31.3 Å². The summed E-state index contributed by atoms with van der Waals surface area (Å²) >= 11 is 0. The van der Waals surface area contributed by atoms with Gasteiger partial charge in [-0.2, -0.15) is 0 Å². The number of aliphatic hydroxyl groups is 7. The van der Waals surface area contributed by atoms with E-state index < -0.39 is 75.2 Å². The van der Waals surface area contributed by atoms with Crippen LogP contribution in [0.3, 0.4) is 0 Å². The molecule has 1 aliphatic rings. The summed E-state index contributed by atoms with van der Waals surface area (Å²) in [6.45, 7) is 3.69. The molecule has 1 rings (SSSR count). The van der Waals surface area contributed by atoms with Crippen LogP contribution in [-0.4, -0.2) is 108 Å². The number of phosphoric acid groups is 1. The molecule has 1 saturated carbocycles. The fourth-order valence-electron chi connectivity index (χ4n) is 7.14. The standard InChI is InChI=1S/C45H84NO12P/c1-3-5-7-9-11-13-15-16-17-18-19-20-21-23-25-27-29-31-33-38(48)37(35-57-59(55,56)58-45-43(53)41(51)40(50)42(52)44(45)54)46-39(49)34-36(47)32-30-28-26-24-22-14-12-10-8-6-4-2/h23-26,31,33,36-38,40-45,47-48,50-54H,3-22,27-30,32,34-35H2,1-2H3,(H,46,49)(H,55,56)/b25-23+,26-24-,33-31+. The Bertz CT molecular complexity index is 1160. The maximum Gasteiger partial charge on any atom is 0.472 e. The number of hydrogen-bond acceptors (Lipinski definition) is 11. The molecule has 1 fully saturated rings. The Morgan fingerprint density at radius 3 is 1.49 bits per heavy atom. The molecule has 0 spiro atoms. The molecule has 1 aliphatic carbocycles. The summed E-state index contributed by atoms with van der Waals surface area (Å²) in [5.74, 6) is -0.620. The number of hydrogen-bond donors (Lipinski definition) is 9. The summed E-state index contributed by atoms with van der Waals surface area (Å²) in [6.07, 6.45) is 25.3. The monoisotopic (exact) mass is 862 g/mol. The van der Waals surface area contributed by atoms with Crippen molar-refractivity contribution in [2.45, 2.75) is 236 Å². The van der Waals surface area contributed by atoms with Crippen LogP contribution in [0.1, 0.15) is 181 Å². The third kappa shape index (κ3) is 27.2. The number of allylic oxidation sites excluding steroid dienone is 5. The van der Waals surface area contributed by atoms with Gasteiger partial charge in [-0.1, -0.05) is 153 Å². The summed E-state index contributed by atoms with van der Waals surface area (Å²) < 4.78 is 22.8. The van der Waals surface area contributed by atoms with Crippen molar-refractivity contribution in [2.75, 3.05) is 6.61 Å². The Hall–Kier alpha value is -1.48. The van der Waals surface area contributed by atoms with Crippen LogP contribution in [0.25, 0.3) is 0 Å². The van der Waals surface area contributed by atoms with Gasteiger partial charge in [0.25, 0.3) is 0 Å². The molecule has 0 aromatic rings. The molecule has 14 heteroatoms. The first-order valence-corrected chi connectivity index (χ1v) is 24.5. The molecule has 1 amide bonds. The molecule has 0 heterocycles. The molecule has 0 saturated heterocycles. The van der Waals surface area contributed by atoms with E-state index >= 15 is 0 Å². The Kier molecular flexibility index (Phi) is 33.0. The van der Waals surface area contributed by atoms with E-state index in [0.717, 1.165) is 38.5 Å². The molecular formula is C45H84NO12P. The maximum atomic E-state index is 12.9. The maximum absolute atomic E-state index is 12.9. The van der Waals surface area contributed by atoms with E-state index in [1.807, 2.05) is 0 Å². The minimum atomic E-state index is -5.15. The molecule has 8 atom stereocenters. The minimum absolute atomic E-state index is 0.274. The van der Waals surface area contributed by atoms with E-state index in [-0.39, 0.29) is 6.42 Å². The van der Waals surface area contributed by atoms with Crippen LogP contribution >= 0.6 is 7.82 Å². The van der Waals surface area contributed by atoms with Gasteiger partial charge in [-0.05, 0) is 57.8 Å². The fraction of sp³-hybridized carbons (Fsp3) is 0.844. The lowest BCUT2D eigenvalue weighted by atomic mass is 9.85. The first-order chi connectivity index (χ1) is 28.3. The summed E-state index contributed by atoms with van der Waals surface area (Å²) in [6, 6.07) is -1.26. The van der Waals surface area contributed by atoms with Crippen LogP contribution in [0.4, 0.5) is 0 Å². The molecule has 346 valence electrons. The second-order valence-corrected chi connectivity index (χ2v) is 17.8. The average Bonchev–Trinajstić information content (AvgIpc) is 3.21. The van der Waals surface area contributed by atoms with Gasteiger partial charge in [0.2, 0.25) is 5.91 Å². The predicted octanol–water partition coefficient (Wildman–Crippen LogP) is 7.36. The van der Waals surface area contributed by atoms with Gasteiger partial charge < -0.3 is 46.0 Å². The van der Waals surface area contributed by atoms with Crippen molar-refractivity contribution >= 4 is 13.7 Å². The molecule has 0 aromatic heterocycles. The number of nitrogens with one attached hydrogen (secondary N) is 1. The highest BCUT2D eigenvalue weighted by molar-refractivity contribution is 7.47. The van der Waals surface area contributed by atoms with Gasteiger partial charge in [-0.3, -0.25) is 13.8 Å². The predicted molar refractivity (Wildman–Crippen MR) is 233 cm³/mol. The summed E-state index contributed by atoms with van der Waals surface area (Å²) in [5, 5.41) is 74.3. The molecule has 0 aliphatic heterocycles. The Morgan fingerprint density at radius 2 is 1.00 bits per heavy atom. The first kappa shape index (κ1) is 55.5. The largest absolute Gasteiger partial charge is 0.472 e. The zero-order chi connectivity index (χ0) is 43.7. The van der Waals surface area contributed by atoms with Crippen LogP contribution in [0.5, 0.6) is 0 Å². The fourth-order valence-corrected chi connectivity index (χ4v) is 8.11. The third-order valence-electron chi connectivity index (χ3n) is 10.9. The van der Waals surface area contributed by atoms with Gasteiger partial charge >= 0.3 is 7.82 Å². The smallest absolute Gasteiger partial charge is 0.393 e. The number of phosphoric ester groups is 1. The van der Waals surface area contributed by atoms with Crippen molar-refractivity contribution in [1.82, 2.24) is 5.32 Å². The van der Waals surface area contributed by atoms with Gasteiger partial charge in [0.1, 0.15) is 36.6 Å². The van der Waals surface area contributed by atoms with Crippen LogP contribution in [0, 0.1) is 0 Å². The quantitative estimate of drug-likeness (QED) is 0.0170. The van der Waals surface area contributed by atoms with Crippen molar-refractivity contribution in [1.29, 1.82) is 0 Å². The molecule has 8 unspecified atom stereocenters. The summed E-state index contributed by atoms with van der Waals surface area (Å²) in [4.78, 5) is 23.4.